The molecule has 0 aliphatic heterocycles. The summed E-state index contributed by atoms with van der Waals surface area (Å²) in [5.74, 6) is 0.349. The van der Waals surface area contributed by atoms with E-state index in [1.54, 1.807) is 35.1 Å². The SMILES string of the molecule is CCC(c1ccccn1)N(C)C(=O)c1nccn1C. The molecule has 0 radical (unpaired) electrons. The van der Waals surface area contributed by atoms with Gasteiger partial charge in [0.05, 0.1) is 11.7 Å². The minimum Gasteiger partial charge on any atom is -0.330 e. The summed E-state index contributed by atoms with van der Waals surface area (Å²) in [4.78, 5) is 22.5. The molecular formula is C14H18N4O. The molecular weight excluding hydrogens is 240 g/mol. The van der Waals surface area contributed by atoms with Gasteiger partial charge in [-0.25, -0.2) is 4.98 Å². The van der Waals surface area contributed by atoms with Crippen molar-refractivity contribution in [2.75, 3.05) is 7.05 Å². The number of carbonyl (C=O) groups is 1. The second-order valence-corrected chi connectivity index (χ2v) is 4.46. The number of pyridine rings is 1. The maximum Gasteiger partial charge on any atom is 0.290 e. The number of aryl methyl sites for hydroxylation is 1. The Balaban J connectivity index is 2.25. The van der Waals surface area contributed by atoms with E-state index < -0.39 is 0 Å². The van der Waals surface area contributed by atoms with Crippen LogP contribution in [0, 0.1) is 0 Å². The van der Waals surface area contributed by atoms with Crippen molar-refractivity contribution in [3.63, 3.8) is 0 Å². The predicted molar refractivity (Wildman–Crippen MR) is 72.6 cm³/mol. The third-order valence-corrected chi connectivity index (χ3v) is 3.22. The normalized spacial score (nSPS) is 12.2. The molecule has 2 heterocycles. The van der Waals surface area contributed by atoms with Crippen LogP contribution in [0.1, 0.15) is 35.7 Å². The van der Waals surface area contributed by atoms with Gasteiger partial charge >= 0.3 is 0 Å². The molecule has 0 spiro atoms. The Kier molecular flexibility index (Phi) is 3.94. The van der Waals surface area contributed by atoms with Crippen molar-refractivity contribution >= 4 is 5.91 Å². The van der Waals surface area contributed by atoms with E-state index in [2.05, 4.69) is 9.97 Å². The molecule has 2 aromatic rings. The lowest BCUT2D eigenvalue weighted by Crippen LogP contribution is -2.33. The van der Waals surface area contributed by atoms with Gasteiger partial charge in [-0.05, 0) is 18.6 Å². The molecule has 0 aliphatic carbocycles. The van der Waals surface area contributed by atoms with Gasteiger partial charge in [0.25, 0.3) is 5.91 Å². The van der Waals surface area contributed by atoms with Gasteiger partial charge in [-0.15, -0.1) is 0 Å². The maximum absolute atomic E-state index is 12.4. The molecule has 0 aromatic carbocycles. The third kappa shape index (κ3) is 2.65. The number of nitrogens with zero attached hydrogens (tertiary/aromatic N) is 4. The summed E-state index contributed by atoms with van der Waals surface area (Å²) in [6, 6.07) is 5.71. The fourth-order valence-electron chi connectivity index (χ4n) is 2.13. The molecule has 19 heavy (non-hydrogen) atoms. The Morgan fingerprint density at radius 3 is 2.68 bits per heavy atom. The summed E-state index contributed by atoms with van der Waals surface area (Å²) in [6.07, 6.45) is 5.95. The Labute approximate surface area is 112 Å². The monoisotopic (exact) mass is 258 g/mol. The van der Waals surface area contributed by atoms with Gasteiger partial charge in [-0.2, -0.15) is 0 Å². The van der Waals surface area contributed by atoms with Gasteiger partial charge in [-0.1, -0.05) is 13.0 Å². The lowest BCUT2D eigenvalue weighted by molar-refractivity contribution is 0.0706. The summed E-state index contributed by atoms with van der Waals surface area (Å²) < 4.78 is 1.73. The van der Waals surface area contributed by atoms with Crippen molar-refractivity contribution in [3.05, 3.63) is 48.3 Å². The van der Waals surface area contributed by atoms with Crippen molar-refractivity contribution in [3.8, 4) is 0 Å². The van der Waals surface area contributed by atoms with Gasteiger partial charge in [0.1, 0.15) is 0 Å². The van der Waals surface area contributed by atoms with E-state index in [4.69, 9.17) is 0 Å². The molecule has 1 unspecified atom stereocenters. The van der Waals surface area contributed by atoms with E-state index in [1.165, 1.54) is 0 Å². The smallest absolute Gasteiger partial charge is 0.290 e. The molecule has 0 fully saturated rings. The number of imidazole rings is 1. The highest BCUT2D eigenvalue weighted by molar-refractivity contribution is 5.90. The molecule has 1 atom stereocenters. The average Bonchev–Trinajstić information content (AvgIpc) is 2.86. The number of rotatable bonds is 4. The van der Waals surface area contributed by atoms with Crippen LogP contribution in [0.2, 0.25) is 0 Å². The zero-order chi connectivity index (χ0) is 13.8. The Morgan fingerprint density at radius 2 is 2.16 bits per heavy atom. The molecule has 2 rings (SSSR count). The number of aromatic nitrogens is 3. The minimum absolute atomic E-state index is 0.0367. The highest BCUT2D eigenvalue weighted by Crippen LogP contribution is 2.22. The first kappa shape index (κ1) is 13.3. The van der Waals surface area contributed by atoms with Gasteiger partial charge in [0, 0.05) is 32.7 Å². The van der Waals surface area contributed by atoms with Crippen LogP contribution in [-0.2, 0) is 7.05 Å². The minimum atomic E-state index is -0.0926. The van der Waals surface area contributed by atoms with Gasteiger partial charge in [0.15, 0.2) is 5.82 Å². The number of amides is 1. The van der Waals surface area contributed by atoms with Crippen LogP contribution < -0.4 is 0 Å². The van der Waals surface area contributed by atoms with Crippen LogP contribution >= 0.6 is 0 Å². The standard InChI is InChI=1S/C14H18N4O/c1-4-12(11-7-5-6-8-15-11)18(3)14(19)13-16-9-10-17(13)2/h5-10,12H,4H2,1-3H3. The second-order valence-electron chi connectivity index (χ2n) is 4.46. The van der Waals surface area contributed by atoms with Crippen LogP contribution in [0.15, 0.2) is 36.8 Å². The quantitative estimate of drug-likeness (QED) is 0.843. The maximum atomic E-state index is 12.4. The molecule has 1 amide bonds. The first-order valence-corrected chi connectivity index (χ1v) is 6.30. The predicted octanol–water partition coefficient (Wildman–Crippen LogP) is 2.04. The highest BCUT2D eigenvalue weighted by Gasteiger charge is 2.24. The molecule has 2 aromatic heterocycles. The van der Waals surface area contributed by atoms with Crippen molar-refractivity contribution in [1.82, 2.24) is 19.4 Å². The molecule has 5 nitrogen and oxygen atoms in total. The summed E-state index contributed by atoms with van der Waals surface area (Å²) in [6.45, 7) is 2.04. The van der Waals surface area contributed by atoms with Crippen LogP contribution in [0.3, 0.4) is 0 Å². The summed E-state index contributed by atoms with van der Waals surface area (Å²) in [5.41, 5.74) is 0.898. The molecule has 5 heteroatoms. The fourth-order valence-corrected chi connectivity index (χ4v) is 2.13. The Bertz CT molecular complexity index is 550. The molecule has 0 bridgehead atoms. The topological polar surface area (TPSA) is 51.0 Å². The molecule has 100 valence electrons. The molecule has 0 aliphatic rings. The zero-order valence-electron chi connectivity index (χ0n) is 11.4. The zero-order valence-corrected chi connectivity index (χ0v) is 11.4. The lowest BCUT2D eigenvalue weighted by Gasteiger charge is -2.26. The van der Waals surface area contributed by atoms with E-state index in [9.17, 15) is 4.79 Å². The van der Waals surface area contributed by atoms with E-state index in [0.717, 1.165) is 12.1 Å². The summed E-state index contributed by atoms with van der Waals surface area (Å²) in [7, 11) is 3.61. The third-order valence-electron chi connectivity index (χ3n) is 3.22. The first-order chi connectivity index (χ1) is 9.15. The molecule has 0 saturated carbocycles. The second kappa shape index (κ2) is 5.65. The average molecular weight is 258 g/mol. The fraction of sp³-hybridized carbons (Fsp3) is 0.357. The largest absolute Gasteiger partial charge is 0.330 e. The number of hydrogen-bond donors (Lipinski definition) is 0. The van der Waals surface area contributed by atoms with Crippen LogP contribution in [0.5, 0.6) is 0 Å². The van der Waals surface area contributed by atoms with E-state index in [-0.39, 0.29) is 11.9 Å². The number of carbonyl (C=O) groups excluding carboxylic acids is 1. The Morgan fingerprint density at radius 1 is 1.37 bits per heavy atom. The number of hydrogen-bond acceptors (Lipinski definition) is 3. The van der Waals surface area contributed by atoms with E-state index in [1.807, 2.05) is 32.2 Å². The first-order valence-electron chi connectivity index (χ1n) is 6.30. The van der Waals surface area contributed by atoms with Crippen molar-refractivity contribution in [1.29, 1.82) is 0 Å². The van der Waals surface area contributed by atoms with E-state index in [0.29, 0.717) is 5.82 Å². The van der Waals surface area contributed by atoms with Crippen molar-refractivity contribution < 1.29 is 4.79 Å². The van der Waals surface area contributed by atoms with Crippen LogP contribution in [0.4, 0.5) is 0 Å². The van der Waals surface area contributed by atoms with Crippen LogP contribution in [0.25, 0.3) is 0 Å². The van der Waals surface area contributed by atoms with Crippen LogP contribution in [-0.4, -0.2) is 32.4 Å². The van der Waals surface area contributed by atoms with Crippen molar-refractivity contribution in [2.24, 2.45) is 7.05 Å². The summed E-state index contributed by atoms with van der Waals surface area (Å²) >= 11 is 0. The Hall–Kier alpha value is -2.17. The molecule has 0 N–H and O–H groups in total. The molecule has 0 saturated heterocycles. The van der Waals surface area contributed by atoms with Crippen molar-refractivity contribution in [2.45, 2.75) is 19.4 Å². The van der Waals surface area contributed by atoms with Gasteiger partial charge < -0.3 is 9.47 Å². The van der Waals surface area contributed by atoms with Gasteiger partial charge in [-0.3, -0.25) is 9.78 Å². The lowest BCUT2D eigenvalue weighted by atomic mass is 10.1. The summed E-state index contributed by atoms with van der Waals surface area (Å²) in [5, 5.41) is 0. The highest BCUT2D eigenvalue weighted by atomic mass is 16.2. The van der Waals surface area contributed by atoms with Gasteiger partial charge in [0.2, 0.25) is 0 Å². The van der Waals surface area contributed by atoms with E-state index >= 15 is 0 Å².